The highest BCUT2D eigenvalue weighted by Crippen LogP contribution is 2.32. The topological polar surface area (TPSA) is 81.2 Å². The Kier molecular flexibility index (Phi) is 4.40. The number of nitrogens with zero attached hydrogens (tertiary/aromatic N) is 2. The number of hydrogen-bond donors (Lipinski definition) is 1. The van der Waals surface area contributed by atoms with Crippen LogP contribution in [0.1, 0.15) is 18.9 Å². The van der Waals surface area contributed by atoms with E-state index in [4.69, 9.17) is 20.5 Å². The van der Waals surface area contributed by atoms with Crippen LogP contribution in [0.5, 0.6) is 17.4 Å². The largest absolute Gasteiger partial charge is 0.488 e. The molecule has 1 heterocycles. The van der Waals surface area contributed by atoms with Gasteiger partial charge in [-0.15, -0.1) is 0 Å². The van der Waals surface area contributed by atoms with Gasteiger partial charge in [-0.25, -0.2) is 4.98 Å². The molecule has 0 atom stereocenters. The molecule has 0 amide bonds. The second kappa shape index (κ2) is 6.43. The van der Waals surface area contributed by atoms with Crippen LogP contribution in [-0.2, 0) is 0 Å². The van der Waals surface area contributed by atoms with Gasteiger partial charge >= 0.3 is 0 Å². The number of nitrogens with two attached hydrogens (primary N) is 1. The van der Waals surface area contributed by atoms with E-state index in [1.165, 1.54) is 0 Å². The third-order valence-electron chi connectivity index (χ3n) is 2.54. The third kappa shape index (κ3) is 3.18. The maximum Gasteiger partial charge on any atom is 0.262 e. The lowest BCUT2D eigenvalue weighted by atomic mass is 10.2. The van der Waals surface area contributed by atoms with Crippen LogP contribution in [0, 0.1) is 11.3 Å². The summed E-state index contributed by atoms with van der Waals surface area (Å²) in [4.78, 5) is 4.14. The molecule has 0 saturated carbocycles. The van der Waals surface area contributed by atoms with Crippen molar-refractivity contribution in [2.75, 3.05) is 12.3 Å². The Morgan fingerprint density at radius 2 is 2.15 bits per heavy atom. The molecule has 0 aliphatic rings. The van der Waals surface area contributed by atoms with Gasteiger partial charge in [0.15, 0.2) is 11.5 Å². The number of pyridine rings is 1. The summed E-state index contributed by atoms with van der Waals surface area (Å²) in [5.74, 6) is 1.37. The second-order valence-corrected chi connectivity index (χ2v) is 4.12. The molecule has 0 aliphatic carbocycles. The van der Waals surface area contributed by atoms with E-state index in [0.717, 1.165) is 6.42 Å². The average Bonchev–Trinajstić information content (AvgIpc) is 2.48. The van der Waals surface area contributed by atoms with Crippen LogP contribution in [0.4, 0.5) is 5.69 Å². The van der Waals surface area contributed by atoms with Gasteiger partial charge in [-0.05, 0) is 36.8 Å². The summed E-state index contributed by atoms with van der Waals surface area (Å²) < 4.78 is 11.2. The molecule has 0 unspecified atom stereocenters. The molecule has 1 aromatic heterocycles. The van der Waals surface area contributed by atoms with Crippen molar-refractivity contribution >= 4 is 5.69 Å². The van der Waals surface area contributed by atoms with Crippen molar-refractivity contribution < 1.29 is 9.47 Å². The van der Waals surface area contributed by atoms with Crippen LogP contribution in [0.2, 0.25) is 0 Å². The summed E-state index contributed by atoms with van der Waals surface area (Å²) in [6, 6.07) is 10.4. The first-order valence-electron chi connectivity index (χ1n) is 6.30. The van der Waals surface area contributed by atoms with Crippen molar-refractivity contribution in [1.29, 1.82) is 5.26 Å². The molecule has 0 fully saturated rings. The summed E-state index contributed by atoms with van der Waals surface area (Å²) >= 11 is 0. The zero-order chi connectivity index (χ0) is 14.4. The van der Waals surface area contributed by atoms with Gasteiger partial charge in [0.25, 0.3) is 5.88 Å². The van der Waals surface area contributed by atoms with Gasteiger partial charge in [0.1, 0.15) is 0 Å². The lowest BCUT2D eigenvalue weighted by Crippen LogP contribution is -2.00. The lowest BCUT2D eigenvalue weighted by Gasteiger charge is -2.12. The van der Waals surface area contributed by atoms with Crippen LogP contribution in [0.25, 0.3) is 0 Å². The SMILES string of the molecule is CCCOc1cccnc1Oc1ccc(C#N)cc1N. The first kappa shape index (κ1) is 13.7. The second-order valence-electron chi connectivity index (χ2n) is 4.12. The summed E-state index contributed by atoms with van der Waals surface area (Å²) in [6.45, 7) is 2.61. The molecule has 2 rings (SSSR count). The van der Waals surface area contributed by atoms with Crippen LogP contribution < -0.4 is 15.2 Å². The minimum Gasteiger partial charge on any atom is -0.488 e. The minimum atomic E-state index is 0.359. The fourth-order valence-corrected chi connectivity index (χ4v) is 1.59. The van der Waals surface area contributed by atoms with E-state index in [9.17, 15) is 0 Å². The Hall–Kier alpha value is -2.74. The van der Waals surface area contributed by atoms with Crippen LogP contribution in [-0.4, -0.2) is 11.6 Å². The lowest BCUT2D eigenvalue weighted by molar-refractivity contribution is 0.298. The van der Waals surface area contributed by atoms with Crippen molar-refractivity contribution in [2.45, 2.75) is 13.3 Å². The maximum atomic E-state index is 8.81. The van der Waals surface area contributed by atoms with Gasteiger partial charge < -0.3 is 15.2 Å². The molecule has 20 heavy (non-hydrogen) atoms. The number of rotatable bonds is 5. The molecule has 0 radical (unpaired) electrons. The van der Waals surface area contributed by atoms with Gasteiger partial charge in [0.2, 0.25) is 0 Å². The van der Waals surface area contributed by atoms with E-state index in [1.807, 2.05) is 13.0 Å². The number of anilines is 1. The Bertz CT molecular complexity index is 635. The van der Waals surface area contributed by atoms with Gasteiger partial charge in [0, 0.05) is 6.20 Å². The number of aromatic nitrogens is 1. The standard InChI is InChI=1S/C15H15N3O2/c1-2-8-19-14-4-3-7-18-15(14)20-13-6-5-11(10-16)9-12(13)17/h3-7,9H,2,8,17H2,1H3. The zero-order valence-corrected chi connectivity index (χ0v) is 11.2. The Morgan fingerprint density at radius 1 is 1.30 bits per heavy atom. The van der Waals surface area contributed by atoms with Crippen molar-refractivity contribution in [3.8, 4) is 23.4 Å². The van der Waals surface area contributed by atoms with E-state index in [1.54, 1.807) is 36.5 Å². The monoisotopic (exact) mass is 269 g/mol. The highest BCUT2D eigenvalue weighted by atomic mass is 16.5. The predicted molar refractivity (Wildman–Crippen MR) is 75.7 cm³/mol. The molecular weight excluding hydrogens is 254 g/mol. The smallest absolute Gasteiger partial charge is 0.262 e. The Balaban J connectivity index is 2.24. The molecule has 0 spiro atoms. The normalized spacial score (nSPS) is 9.80. The summed E-state index contributed by atoms with van der Waals surface area (Å²) in [5.41, 5.74) is 6.72. The fraction of sp³-hybridized carbons (Fsp3) is 0.200. The number of hydrogen-bond acceptors (Lipinski definition) is 5. The van der Waals surface area contributed by atoms with Crippen molar-refractivity contribution in [3.63, 3.8) is 0 Å². The van der Waals surface area contributed by atoms with Crippen molar-refractivity contribution in [1.82, 2.24) is 4.98 Å². The summed E-state index contributed by atoms with van der Waals surface area (Å²) in [6.07, 6.45) is 2.52. The molecule has 2 aromatic rings. The molecule has 2 N–H and O–H groups in total. The van der Waals surface area contributed by atoms with Gasteiger partial charge in [-0.1, -0.05) is 6.92 Å². The Morgan fingerprint density at radius 3 is 2.85 bits per heavy atom. The number of benzene rings is 1. The first-order valence-corrected chi connectivity index (χ1v) is 6.30. The highest BCUT2D eigenvalue weighted by Gasteiger charge is 2.09. The molecular formula is C15H15N3O2. The van der Waals surface area contributed by atoms with E-state index in [2.05, 4.69) is 4.98 Å². The van der Waals surface area contributed by atoms with Crippen LogP contribution in [0.3, 0.4) is 0 Å². The van der Waals surface area contributed by atoms with Crippen LogP contribution in [0.15, 0.2) is 36.5 Å². The molecule has 5 heteroatoms. The van der Waals surface area contributed by atoms with E-state index in [0.29, 0.717) is 35.2 Å². The highest BCUT2D eigenvalue weighted by molar-refractivity contribution is 5.58. The van der Waals surface area contributed by atoms with Gasteiger partial charge in [-0.2, -0.15) is 5.26 Å². The Labute approximate surface area is 117 Å². The van der Waals surface area contributed by atoms with Crippen LogP contribution >= 0.6 is 0 Å². The van der Waals surface area contributed by atoms with Crippen molar-refractivity contribution in [3.05, 3.63) is 42.1 Å². The maximum absolute atomic E-state index is 8.81. The predicted octanol–water partition coefficient (Wildman–Crippen LogP) is 3.12. The van der Waals surface area contributed by atoms with E-state index >= 15 is 0 Å². The quantitative estimate of drug-likeness (QED) is 0.843. The average molecular weight is 269 g/mol. The zero-order valence-electron chi connectivity index (χ0n) is 11.2. The molecule has 1 aromatic carbocycles. The molecule has 102 valence electrons. The minimum absolute atomic E-state index is 0.359. The van der Waals surface area contributed by atoms with E-state index < -0.39 is 0 Å². The summed E-state index contributed by atoms with van der Waals surface area (Å²) in [5, 5.41) is 8.81. The number of nitriles is 1. The van der Waals surface area contributed by atoms with Gasteiger partial charge in [0.05, 0.1) is 23.9 Å². The third-order valence-corrected chi connectivity index (χ3v) is 2.54. The number of ether oxygens (including phenoxy) is 2. The fourth-order valence-electron chi connectivity index (χ4n) is 1.59. The molecule has 5 nitrogen and oxygen atoms in total. The first-order chi connectivity index (χ1) is 9.74. The van der Waals surface area contributed by atoms with Gasteiger partial charge in [-0.3, -0.25) is 0 Å². The molecule has 0 saturated heterocycles. The molecule has 0 bridgehead atoms. The molecule has 0 aliphatic heterocycles. The summed E-state index contributed by atoms with van der Waals surface area (Å²) in [7, 11) is 0. The van der Waals surface area contributed by atoms with Crippen molar-refractivity contribution in [2.24, 2.45) is 0 Å². The number of nitrogen functional groups attached to an aromatic ring is 1. The van der Waals surface area contributed by atoms with E-state index in [-0.39, 0.29) is 0 Å².